The highest BCUT2D eigenvalue weighted by Gasteiger charge is 2.35. The molecule has 1 aromatic carbocycles. The Morgan fingerprint density at radius 1 is 1.39 bits per heavy atom. The van der Waals surface area contributed by atoms with Gasteiger partial charge >= 0.3 is 0 Å². The third-order valence-electron chi connectivity index (χ3n) is 3.94. The predicted molar refractivity (Wildman–Crippen MR) is 81.1 cm³/mol. The maximum absolute atomic E-state index is 5.70. The van der Waals surface area contributed by atoms with E-state index in [1.165, 1.54) is 16.8 Å². The molecule has 0 bridgehead atoms. The van der Waals surface area contributed by atoms with Gasteiger partial charge in [0.2, 0.25) is 0 Å². The van der Waals surface area contributed by atoms with E-state index in [0.717, 1.165) is 19.5 Å². The molecule has 3 N–H and O–H groups in total. The Morgan fingerprint density at radius 3 is 2.67 bits per heavy atom. The maximum Gasteiger partial charge on any atom is 0.0378 e. The van der Waals surface area contributed by atoms with Gasteiger partial charge in [0.25, 0.3) is 0 Å². The van der Waals surface area contributed by atoms with Gasteiger partial charge in [0.15, 0.2) is 0 Å². The Morgan fingerprint density at radius 2 is 2.06 bits per heavy atom. The van der Waals surface area contributed by atoms with Crippen LogP contribution in [-0.4, -0.2) is 13.1 Å². The SMILES string of the molecule is C=C.Cc1ccc2c(c1)C(C)(C)C(CCN)CN2. The van der Waals surface area contributed by atoms with Crippen LogP contribution in [0, 0.1) is 12.8 Å². The second kappa shape index (κ2) is 6.05. The molecule has 2 nitrogen and oxygen atoms in total. The fourth-order valence-corrected chi connectivity index (χ4v) is 2.72. The minimum atomic E-state index is 0.228. The van der Waals surface area contributed by atoms with Crippen molar-refractivity contribution in [3.05, 3.63) is 42.5 Å². The first-order chi connectivity index (χ1) is 8.55. The number of benzene rings is 1. The summed E-state index contributed by atoms with van der Waals surface area (Å²) < 4.78 is 0. The van der Waals surface area contributed by atoms with Crippen LogP contribution < -0.4 is 11.1 Å². The summed E-state index contributed by atoms with van der Waals surface area (Å²) in [4.78, 5) is 0. The van der Waals surface area contributed by atoms with Gasteiger partial charge in [0.05, 0.1) is 0 Å². The Balaban J connectivity index is 0.000000771. The summed E-state index contributed by atoms with van der Waals surface area (Å²) in [7, 11) is 0. The monoisotopic (exact) mass is 246 g/mol. The van der Waals surface area contributed by atoms with Crippen LogP contribution in [0.5, 0.6) is 0 Å². The Bertz CT molecular complexity index is 396. The van der Waals surface area contributed by atoms with Crippen molar-refractivity contribution in [2.45, 2.75) is 32.6 Å². The van der Waals surface area contributed by atoms with Gasteiger partial charge in [-0.05, 0) is 42.9 Å². The number of hydrogen-bond acceptors (Lipinski definition) is 2. The van der Waals surface area contributed by atoms with Crippen LogP contribution in [0.1, 0.15) is 31.4 Å². The molecule has 0 fully saturated rings. The highest BCUT2D eigenvalue weighted by Crippen LogP contribution is 2.41. The van der Waals surface area contributed by atoms with Gasteiger partial charge < -0.3 is 11.1 Å². The van der Waals surface area contributed by atoms with Crippen molar-refractivity contribution in [2.75, 3.05) is 18.4 Å². The van der Waals surface area contributed by atoms with Crippen molar-refractivity contribution in [3.63, 3.8) is 0 Å². The third-order valence-corrected chi connectivity index (χ3v) is 3.94. The summed E-state index contributed by atoms with van der Waals surface area (Å²) >= 11 is 0. The summed E-state index contributed by atoms with van der Waals surface area (Å²) in [5.41, 5.74) is 10.0. The Kier molecular flexibility index (Phi) is 4.97. The van der Waals surface area contributed by atoms with E-state index in [1.54, 1.807) is 0 Å². The molecule has 0 aliphatic carbocycles. The van der Waals surface area contributed by atoms with Gasteiger partial charge in [-0.15, -0.1) is 13.2 Å². The number of hydrogen-bond donors (Lipinski definition) is 2. The molecule has 2 rings (SSSR count). The zero-order valence-electron chi connectivity index (χ0n) is 11.9. The van der Waals surface area contributed by atoms with Crippen molar-refractivity contribution in [1.29, 1.82) is 0 Å². The number of fused-ring (bicyclic) bond motifs is 1. The first-order valence-corrected chi connectivity index (χ1v) is 6.61. The molecular weight excluding hydrogens is 220 g/mol. The first kappa shape index (κ1) is 14.8. The van der Waals surface area contributed by atoms with E-state index in [9.17, 15) is 0 Å². The summed E-state index contributed by atoms with van der Waals surface area (Å²) in [6, 6.07) is 6.68. The normalized spacial score (nSPS) is 20.1. The van der Waals surface area contributed by atoms with Gasteiger partial charge in [-0.3, -0.25) is 0 Å². The minimum absolute atomic E-state index is 0.228. The van der Waals surface area contributed by atoms with Gasteiger partial charge in [-0.1, -0.05) is 31.5 Å². The minimum Gasteiger partial charge on any atom is -0.384 e. The average molecular weight is 246 g/mol. The molecule has 1 aliphatic rings. The van der Waals surface area contributed by atoms with Crippen LogP contribution in [0.2, 0.25) is 0 Å². The molecule has 1 heterocycles. The number of rotatable bonds is 2. The van der Waals surface area contributed by atoms with E-state index >= 15 is 0 Å². The third kappa shape index (κ3) is 2.75. The maximum atomic E-state index is 5.70. The fourth-order valence-electron chi connectivity index (χ4n) is 2.72. The fraction of sp³-hybridized carbons (Fsp3) is 0.500. The molecule has 100 valence electrons. The van der Waals surface area contributed by atoms with Gasteiger partial charge in [-0.2, -0.15) is 0 Å². The standard InChI is InChI=1S/C14H22N2.C2H4/c1-10-4-5-13-12(8-10)14(2,3)11(6-7-15)9-16-13;1-2/h4-5,8,11,16H,6-7,9,15H2,1-3H3;1-2H2. The Hall–Kier alpha value is -1.28. The Labute approximate surface area is 111 Å². The van der Waals surface area contributed by atoms with E-state index in [1.807, 2.05) is 0 Å². The molecule has 1 aromatic rings. The topological polar surface area (TPSA) is 38.0 Å². The first-order valence-electron chi connectivity index (χ1n) is 6.61. The van der Waals surface area contributed by atoms with Crippen molar-refractivity contribution in [2.24, 2.45) is 11.7 Å². The number of nitrogens with one attached hydrogen (secondary N) is 1. The molecular formula is C16H26N2. The smallest absolute Gasteiger partial charge is 0.0378 e. The lowest BCUT2D eigenvalue weighted by Gasteiger charge is -2.41. The molecule has 0 spiro atoms. The summed E-state index contributed by atoms with van der Waals surface area (Å²) in [5, 5.41) is 3.52. The van der Waals surface area contributed by atoms with E-state index in [-0.39, 0.29) is 5.41 Å². The molecule has 1 aliphatic heterocycles. The highest BCUT2D eigenvalue weighted by atomic mass is 14.9. The zero-order chi connectivity index (χ0) is 13.8. The van der Waals surface area contributed by atoms with Crippen LogP contribution in [-0.2, 0) is 5.41 Å². The molecule has 0 aromatic heterocycles. The number of aryl methyl sites for hydroxylation is 1. The van der Waals surface area contributed by atoms with Crippen molar-refractivity contribution >= 4 is 5.69 Å². The quantitative estimate of drug-likeness (QED) is 0.784. The average Bonchev–Trinajstić information content (AvgIpc) is 2.36. The molecule has 2 heteroatoms. The summed E-state index contributed by atoms with van der Waals surface area (Å²) in [5.74, 6) is 0.631. The molecule has 0 saturated carbocycles. The van der Waals surface area contributed by atoms with Crippen molar-refractivity contribution in [1.82, 2.24) is 0 Å². The lowest BCUT2D eigenvalue weighted by molar-refractivity contribution is 0.307. The predicted octanol–water partition coefficient (Wildman–Crippen LogP) is 3.47. The molecule has 0 saturated heterocycles. The zero-order valence-corrected chi connectivity index (χ0v) is 11.9. The second-order valence-electron chi connectivity index (χ2n) is 5.43. The number of nitrogens with two attached hydrogens (primary N) is 1. The van der Waals surface area contributed by atoms with Crippen molar-refractivity contribution < 1.29 is 0 Å². The highest BCUT2D eigenvalue weighted by molar-refractivity contribution is 5.58. The van der Waals surface area contributed by atoms with E-state index in [2.05, 4.69) is 57.4 Å². The van der Waals surface area contributed by atoms with E-state index in [0.29, 0.717) is 5.92 Å². The summed E-state index contributed by atoms with van der Waals surface area (Å²) in [6.45, 7) is 14.7. The molecule has 18 heavy (non-hydrogen) atoms. The molecule has 0 amide bonds. The molecule has 0 radical (unpaired) electrons. The number of anilines is 1. The van der Waals surface area contributed by atoms with Crippen molar-refractivity contribution in [3.8, 4) is 0 Å². The van der Waals surface area contributed by atoms with Crippen LogP contribution in [0.25, 0.3) is 0 Å². The van der Waals surface area contributed by atoms with E-state index < -0.39 is 0 Å². The van der Waals surface area contributed by atoms with Crippen LogP contribution in [0.4, 0.5) is 5.69 Å². The lowest BCUT2D eigenvalue weighted by atomic mass is 9.69. The molecule has 1 unspecified atom stereocenters. The van der Waals surface area contributed by atoms with Crippen LogP contribution >= 0.6 is 0 Å². The van der Waals surface area contributed by atoms with Crippen LogP contribution in [0.15, 0.2) is 31.4 Å². The summed E-state index contributed by atoms with van der Waals surface area (Å²) in [6.07, 6.45) is 1.09. The van der Waals surface area contributed by atoms with Gasteiger partial charge in [-0.25, -0.2) is 0 Å². The van der Waals surface area contributed by atoms with E-state index in [4.69, 9.17) is 5.73 Å². The van der Waals surface area contributed by atoms with Crippen LogP contribution in [0.3, 0.4) is 0 Å². The second-order valence-corrected chi connectivity index (χ2v) is 5.43. The van der Waals surface area contributed by atoms with Gasteiger partial charge in [0.1, 0.15) is 0 Å². The lowest BCUT2D eigenvalue weighted by Crippen LogP contribution is -2.40. The molecule has 1 atom stereocenters. The largest absolute Gasteiger partial charge is 0.384 e. The van der Waals surface area contributed by atoms with Gasteiger partial charge in [0, 0.05) is 12.2 Å².